The molecule has 1 aliphatic rings. The molecule has 9 aromatic rings. The zero-order valence-corrected chi connectivity index (χ0v) is 29.1. The van der Waals surface area contributed by atoms with Crippen LogP contribution in [0.3, 0.4) is 0 Å². The van der Waals surface area contributed by atoms with E-state index in [1.165, 1.54) is 49.6 Å². The Morgan fingerprint density at radius 1 is 0.423 bits per heavy atom. The second-order valence-electron chi connectivity index (χ2n) is 14.2. The minimum atomic E-state index is -0.264. The third-order valence-corrected chi connectivity index (χ3v) is 10.8. The Morgan fingerprint density at radius 2 is 1.00 bits per heavy atom. The van der Waals surface area contributed by atoms with Gasteiger partial charge in [0.25, 0.3) is 0 Å². The molecule has 0 saturated heterocycles. The average Bonchev–Trinajstić information content (AvgIpc) is 3.66. The first-order chi connectivity index (χ1) is 25.5. The van der Waals surface area contributed by atoms with Gasteiger partial charge in [-0.25, -0.2) is 9.97 Å². The summed E-state index contributed by atoms with van der Waals surface area (Å²) in [6.45, 7) is 4.61. The van der Waals surface area contributed by atoms with E-state index in [4.69, 9.17) is 9.97 Å². The van der Waals surface area contributed by atoms with Gasteiger partial charge >= 0.3 is 0 Å². The van der Waals surface area contributed by atoms with Crippen LogP contribution in [0, 0.1) is 0 Å². The van der Waals surface area contributed by atoms with E-state index in [1.54, 1.807) is 0 Å². The predicted molar refractivity (Wildman–Crippen MR) is 216 cm³/mol. The number of fused-ring (bicyclic) bond motifs is 6. The SMILES string of the molecule is CC1(C)c2ccccc2-c2nc(-c3cccc(-c4ccccc4)c3)nc(-c3cccc(-c4ccc5c(c4)c4ccccc4n5-c4ccccc4)c3)c21. The van der Waals surface area contributed by atoms with Crippen molar-refractivity contribution in [2.75, 3.05) is 0 Å². The van der Waals surface area contributed by atoms with E-state index in [9.17, 15) is 0 Å². The van der Waals surface area contributed by atoms with Crippen LogP contribution >= 0.6 is 0 Å². The van der Waals surface area contributed by atoms with Crippen LogP contribution in [0.25, 0.3) is 83.6 Å². The van der Waals surface area contributed by atoms with Gasteiger partial charge in [0.05, 0.1) is 22.4 Å². The van der Waals surface area contributed by atoms with Gasteiger partial charge in [0.2, 0.25) is 0 Å². The zero-order chi connectivity index (χ0) is 34.8. The molecule has 0 saturated carbocycles. The molecule has 7 aromatic carbocycles. The van der Waals surface area contributed by atoms with Crippen molar-refractivity contribution in [3.8, 4) is 61.8 Å². The number of benzene rings is 7. The quantitative estimate of drug-likeness (QED) is 0.183. The highest BCUT2D eigenvalue weighted by molar-refractivity contribution is 6.10. The van der Waals surface area contributed by atoms with Gasteiger partial charge in [-0.15, -0.1) is 0 Å². The first kappa shape index (κ1) is 30.3. The first-order valence-corrected chi connectivity index (χ1v) is 17.9. The Labute approximate surface area is 303 Å². The second kappa shape index (κ2) is 11.8. The summed E-state index contributed by atoms with van der Waals surface area (Å²) in [5.74, 6) is 0.736. The summed E-state index contributed by atoms with van der Waals surface area (Å²) in [6.07, 6.45) is 0. The molecule has 3 heteroatoms. The van der Waals surface area contributed by atoms with Gasteiger partial charge in [-0.2, -0.15) is 0 Å². The van der Waals surface area contributed by atoms with Gasteiger partial charge in [-0.05, 0) is 70.3 Å². The topological polar surface area (TPSA) is 30.7 Å². The lowest BCUT2D eigenvalue weighted by Gasteiger charge is -2.24. The maximum Gasteiger partial charge on any atom is 0.160 e. The fraction of sp³-hybridized carbons (Fsp3) is 0.0612. The lowest BCUT2D eigenvalue weighted by molar-refractivity contribution is 0.658. The molecule has 0 radical (unpaired) electrons. The van der Waals surface area contributed by atoms with Crippen molar-refractivity contribution in [1.29, 1.82) is 0 Å². The fourth-order valence-electron chi connectivity index (χ4n) is 8.28. The van der Waals surface area contributed by atoms with Crippen LogP contribution < -0.4 is 0 Å². The summed E-state index contributed by atoms with van der Waals surface area (Å²) in [5.41, 5.74) is 15.7. The summed E-state index contributed by atoms with van der Waals surface area (Å²) in [7, 11) is 0. The van der Waals surface area contributed by atoms with Crippen molar-refractivity contribution in [3.05, 3.63) is 187 Å². The lowest BCUT2D eigenvalue weighted by atomic mass is 9.80. The smallest absolute Gasteiger partial charge is 0.160 e. The summed E-state index contributed by atoms with van der Waals surface area (Å²) in [6, 6.07) is 62.9. The van der Waals surface area contributed by atoms with Crippen molar-refractivity contribution in [2.45, 2.75) is 19.3 Å². The van der Waals surface area contributed by atoms with Gasteiger partial charge in [-0.1, -0.05) is 147 Å². The molecule has 1 aliphatic carbocycles. The Kier molecular flexibility index (Phi) is 6.84. The van der Waals surface area contributed by atoms with Crippen LogP contribution in [-0.4, -0.2) is 14.5 Å². The highest BCUT2D eigenvalue weighted by Crippen LogP contribution is 2.51. The van der Waals surface area contributed by atoms with E-state index in [0.29, 0.717) is 0 Å². The molecular weight excluding hydrogens is 631 g/mol. The summed E-state index contributed by atoms with van der Waals surface area (Å²) < 4.78 is 2.36. The Balaban J connectivity index is 1.15. The van der Waals surface area contributed by atoms with Crippen molar-refractivity contribution in [1.82, 2.24) is 14.5 Å². The first-order valence-electron chi connectivity index (χ1n) is 17.9. The van der Waals surface area contributed by atoms with Crippen LogP contribution in [0.1, 0.15) is 25.0 Å². The molecule has 2 aromatic heterocycles. The number of aromatic nitrogens is 3. The van der Waals surface area contributed by atoms with Crippen LogP contribution in [0.2, 0.25) is 0 Å². The number of hydrogen-bond acceptors (Lipinski definition) is 2. The summed E-state index contributed by atoms with van der Waals surface area (Å²) in [5, 5.41) is 2.48. The molecule has 52 heavy (non-hydrogen) atoms. The zero-order valence-electron chi connectivity index (χ0n) is 29.1. The van der Waals surface area contributed by atoms with E-state index in [0.717, 1.165) is 45.2 Å². The van der Waals surface area contributed by atoms with E-state index in [-0.39, 0.29) is 5.41 Å². The van der Waals surface area contributed by atoms with E-state index in [1.807, 2.05) is 0 Å². The normalized spacial score (nSPS) is 13.0. The van der Waals surface area contributed by atoms with Crippen LogP contribution in [0.4, 0.5) is 0 Å². The molecule has 0 fully saturated rings. The Hall–Kier alpha value is -6.58. The molecule has 0 unspecified atom stereocenters. The molecule has 0 aliphatic heterocycles. The monoisotopic (exact) mass is 665 g/mol. The fourth-order valence-corrected chi connectivity index (χ4v) is 8.28. The highest BCUT2D eigenvalue weighted by atomic mass is 15.0. The molecule has 0 amide bonds. The maximum absolute atomic E-state index is 5.45. The lowest BCUT2D eigenvalue weighted by Crippen LogP contribution is -2.17. The van der Waals surface area contributed by atoms with Crippen LogP contribution in [-0.2, 0) is 5.41 Å². The van der Waals surface area contributed by atoms with Gasteiger partial charge in [0.1, 0.15) is 0 Å². The van der Waals surface area contributed by atoms with E-state index in [2.05, 4.69) is 194 Å². The van der Waals surface area contributed by atoms with Crippen LogP contribution in [0.15, 0.2) is 176 Å². The Morgan fingerprint density at radius 3 is 1.83 bits per heavy atom. The molecule has 0 N–H and O–H groups in total. The predicted octanol–water partition coefficient (Wildman–Crippen LogP) is 12.5. The van der Waals surface area contributed by atoms with Crippen LogP contribution in [0.5, 0.6) is 0 Å². The van der Waals surface area contributed by atoms with E-state index >= 15 is 0 Å². The number of hydrogen-bond donors (Lipinski definition) is 0. The van der Waals surface area contributed by atoms with E-state index < -0.39 is 0 Å². The van der Waals surface area contributed by atoms with Crippen molar-refractivity contribution >= 4 is 21.8 Å². The van der Waals surface area contributed by atoms with Crippen molar-refractivity contribution < 1.29 is 0 Å². The molecule has 0 bridgehead atoms. The van der Waals surface area contributed by atoms with Crippen molar-refractivity contribution in [2.24, 2.45) is 0 Å². The molecular formula is C49H35N3. The number of para-hydroxylation sites is 2. The number of nitrogens with zero attached hydrogens (tertiary/aromatic N) is 3. The minimum absolute atomic E-state index is 0.264. The molecule has 2 heterocycles. The summed E-state index contributed by atoms with van der Waals surface area (Å²) in [4.78, 5) is 10.8. The Bertz CT molecular complexity index is 2810. The third-order valence-electron chi connectivity index (χ3n) is 10.8. The summed E-state index contributed by atoms with van der Waals surface area (Å²) >= 11 is 0. The van der Waals surface area contributed by atoms with Gasteiger partial charge in [0, 0.05) is 44.1 Å². The highest BCUT2D eigenvalue weighted by Gasteiger charge is 2.40. The molecule has 10 rings (SSSR count). The molecule has 0 atom stereocenters. The standard InChI is InChI=1S/C49H35N3/c1-49(2)42-25-11-9-24-40(42)47-45(49)46(50-48(51-47)37-20-14-17-33(30-37)32-15-5-3-6-16-32)36-19-13-18-34(29-36)35-27-28-44-41(31-35)39-23-10-12-26-43(39)52(44)38-21-7-4-8-22-38/h3-31H,1-2H3. The maximum atomic E-state index is 5.45. The van der Waals surface area contributed by atoms with Gasteiger partial charge in [-0.3, -0.25) is 0 Å². The largest absolute Gasteiger partial charge is 0.309 e. The molecule has 3 nitrogen and oxygen atoms in total. The third kappa shape index (κ3) is 4.74. The van der Waals surface area contributed by atoms with Gasteiger partial charge in [0.15, 0.2) is 5.82 Å². The minimum Gasteiger partial charge on any atom is -0.309 e. The van der Waals surface area contributed by atoms with Gasteiger partial charge < -0.3 is 4.57 Å². The van der Waals surface area contributed by atoms with Crippen molar-refractivity contribution in [3.63, 3.8) is 0 Å². The second-order valence-corrected chi connectivity index (χ2v) is 14.2. The average molecular weight is 666 g/mol. The number of rotatable bonds is 5. The molecule has 0 spiro atoms. The molecule has 246 valence electrons.